The Morgan fingerprint density at radius 1 is 1.08 bits per heavy atom. The minimum Gasteiger partial charge on any atom is -0.481 e. The molecule has 2 fully saturated rings. The van der Waals surface area contributed by atoms with Gasteiger partial charge in [0.25, 0.3) is 0 Å². The second kappa shape index (κ2) is 14.2. The van der Waals surface area contributed by atoms with Crippen LogP contribution in [0.3, 0.4) is 0 Å². The topological polar surface area (TPSA) is 229 Å². The zero-order valence-corrected chi connectivity index (χ0v) is 20.7. The second-order valence-electron chi connectivity index (χ2n) is 8.53. The fraction of sp³-hybridized carbons (Fsp3) is 0.591. The first-order valence-corrected chi connectivity index (χ1v) is 11.6. The zero-order valence-electron chi connectivity index (χ0n) is 20.7. The van der Waals surface area contributed by atoms with E-state index in [2.05, 4.69) is 20.2 Å². The van der Waals surface area contributed by atoms with Crippen molar-refractivity contribution in [1.82, 2.24) is 20.2 Å². The van der Waals surface area contributed by atoms with Crippen LogP contribution in [0.1, 0.15) is 24.8 Å². The highest BCUT2D eigenvalue weighted by Gasteiger charge is 2.40. The summed E-state index contributed by atoms with van der Waals surface area (Å²) in [4.78, 5) is 67.1. The van der Waals surface area contributed by atoms with Crippen molar-refractivity contribution in [3.63, 3.8) is 0 Å². The molecule has 38 heavy (non-hydrogen) atoms. The molecule has 0 bridgehead atoms. The van der Waals surface area contributed by atoms with E-state index in [0.29, 0.717) is 38.8 Å². The number of carbonyl (C=O) groups is 5. The Bertz CT molecular complexity index is 982. The first-order valence-electron chi connectivity index (χ1n) is 11.6. The summed E-state index contributed by atoms with van der Waals surface area (Å²) in [6.45, 7) is 4.67. The molecule has 16 nitrogen and oxygen atoms in total. The van der Waals surface area contributed by atoms with Gasteiger partial charge in [0.15, 0.2) is 5.60 Å². The molecule has 1 aromatic rings. The third-order valence-electron chi connectivity index (χ3n) is 5.69. The number of piperazine rings is 1. The Balaban J connectivity index is 0.000000332. The molecule has 2 saturated heterocycles. The number of esters is 1. The van der Waals surface area contributed by atoms with Gasteiger partial charge in [-0.3, -0.25) is 24.1 Å². The predicted molar refractivity (Wildman–Crippen MR) is 126 cm³/mol. The minimum atomic E-state index is -2.74. The monoisotopic (exact) mass is 541 g/mol. The maximum absolute atomic E-state index is 12.1. The summed E-state index contributed by atoms with van der Waals surface area (Å²) in [7, 11) is 1.33. The number of carboxylic acid groups (broad SMARTS) is 3. The van der Waals surface area contributed by atoms with E-state index >= 15 is 0 Å². The van der Waals surface area contributed by atoms with E-state index in [4.69, 9.17) is 29.9 Å². The molecule has 1 atom stereocenters. The van der Waals surface area contributed by atoms with Crippen molar-refractivity contribution < 1.29 is 53.9 Å². The highest BCUT2D eigenvalue weighted by Crippen LogP contribution is 2.16. The highest BCUT2D eigenvalue weighted by atomic mass is 16.5. The number of carboxylic acids is 3. The lowest BCUT2D eigenvalue weighted by molar-refractivity contribution is -0.170. The van der Waals surface area contributed by atoms with Gasteiger partial charge in [0.05, 0.1) is 39.6 Å². The van der Waals surface area contributed by atoms with E-state index in [9.17, 15) is 24.0 Å². The van der Waals surface area contributed by atoms with E-state index in [1.54, 1.807) is 12.4 Å². The van der Waals surface area contributed by atoms with Gasteiger partial charge in [-0.1, -0.05) is 0 Å². The van der Waals surface area contributed by atoms with Crippen LogP contribution in [0, 0.1) is 0 Å². The van der Waals surface area contributed by atoms with E-state index < -0.39 is 48.4 Å². The maximum atomic E-state index is 12.1. The number of carbonyl (C=O) groups excluding carboxylic acids is 2. The Labute approximate surface area is 217 Å². The molecule has 0 saturated carbocycles. The lowest BCUT2D eigenvalue weighted by Gasteiger charge is -2.34. The van der Waals surface area contributed by atoms with Crippen LogP contribution < -0.4 is 10.2 Å². The third-order valence-corrected chi connectivity index (χ3v) is 5.69. The molecule has 0 aromatic carbocycles. The Morgan fingerprint density at radius 2 is 1.66 bits per heavy atom. The highest BCUT2D eigenvalue weighted by molar-refractivity contribution is 5.88. The molecule has 3 rings (SSSR count). The molecular formula is C22H31N5O11. The minimum absolute atomic E-state index is 0.0368. The molecule has 5 N–H and O–H groups in total. The Hall–Kier alpha value is -3.89. The van der Waals surface area contributed by atoms with Gasteiger partial charge < -0.3 is 40.1 Å². The number of methoxy groups -OCH3 is 1. The van der Waals surface area contributed by atoms with Gasteiger partial charge in [-0.15, -0.1) is 0 Å². The van der Waals surface area contributed by atoms with Crippen molar-refractivity contribution in [2.45, 2.75) is 37.5 Å². The van der Waals surface area contributed by atoms with Crippen LogP contribution in [0.25, 0.3) is 0 Å². The number of morpholine rings is 1. The van der Waals surface area contributed by atoms with Crippen molar-refractivity contribution in [3.05, 3.63) is 18.0 Å². The average Bonchev–Trinajstić information content (AvgIpc) is 2.86. The Kier molecular flexibility index (Phi) is 11.3. The number of anilines is 1. The van der Waals surface area contributed by atoms with Gasteiger partial charge in [-0.05, 0) is 0 Å². The molecular weight excluding hydrogens is 510 g/mol. The first kappa shape index (κ1) is 30.3. The summed E-state index contributed by atoms with van der Waals surface area (Å²) in [6.07, 6.45) is 1.30. The number of aromatic nitrogens is 2. The van der Waals surface area contributed by atoms with Gasteiger partial charge in [0.2, 0.25) is 11.9 Å². The number of aliphatic hydroxyl groups is 1. The number of rotatable bonds is 10. The number of ether oxygens (including phenoxy) is 2. The summed E-state index contributed by atoms with van der Waals surface area (Å²) in [5, 5.41) is 36.6. The standard InChI is InChI=1S/C16H23N5O4.C6H8O7/c1-24-14(22)8-13-15(23)17-2-3-21(13)11-12-9-18-16(19-10-12)20-4-6-25-7-5-20;7-3(8)1-6(13,5(11)12)2-4(9)10/h9-10,13H,2-8,11H2,1H3,(H,17,23);13H,1-2H2,(H,7,8)(H,9,10)(H,11,12). The van der Waals surface area contributed by atoms with E-state index in [-0.39, 0.29) is 12.3 Å². The molecule has 1 amide bonds. The smallest absolute Gasteiger partial charge is 0.336 e. The first-order chi connectivity index (χ1) is 17.9. The number of nitrogens with one attached hydrogen (secondary N) is 1. The van der Waals surface area contributed by atoms with Crippen molar-refractivity contribution >= 4 is 35.7 Å². The van der Waals surface area contributed by atoms with Crippen LogP contribution in [-0.2, 0) is 40.0 Å². The largest absolute Gasteiger partial charge is 0.481 e. The van der Waals surface area contributed by atoms with Gasteiger partial charge >= 0.3 is 23.9 Å². The van der Waals surface area contributed by atoms with Crippen LogP contribution in [0.2, 0.25) is 0 Å². The van der Waals surface area contributed by atoms with Crippen LogP contribution in [0.4, 0.5) is 5.95 Å². The molecule has 0 spiro atoms. The molecule has 2 aliphatic heterocycles. The van der Waals surface area contributed by atoms with E-state index in [0.717, 1.165) is 18.7 Å². The Morgan fingerprint density at radius 3 is 2.16 bits per heavy atom. The molecule has 16 heteroatoms. The van der Waals surface area contributed by atoms with Gasteiger partial charge in [0.1, 0.15) is 6.04 Å². The van der Waals surface area contributed by atoms with Crippen LogP contribution in [0.15, 0.2) is 12.4 Å². The summed E-state index contributed by atoms with van der Waals surface area (Å²) < 4.78 is 10.0. The van der Waals surface area contributed by atoms with Crippen molar-refractivity contribution in [3.8, 4) is 0 Å². The predicted octanol–water partition coefficient (Wildman–Crippen LogP) is -2.07. The normalized spacial score (nSPS) is 18.0. The SMILES string of the molecule is COC(=O)CC1C(=O)NCCN1Cc1cnc(N2CCOCC2)nc1.O=C(O)CC(O)(CC(=O)O)C(=O)O. The van der Waals surface area contributed by atoms with Crippen molar-refractivity contribution in [1.29, 1.82) is 0 Å². The van der Waals surface area contributed by atoms with Gasteiger partial charge in [-0.25, -0.2) is 14.8 Å². The molecule has 1 unspecified atom stereocenters. The lowest BCUT2D eigenvalue weighted by Crippen LogP contribution is -2.55. The molecule has 210 valence electrons. The fourth-order valence-corrected chi connectivity index (χ4v) is 3.72. The third kappa shape index (κ3) is 9.20. The van der Waals surface area contributed by atoms with Gasteiger partial charge in [-0.2, -0.15) is 0 Å². The number of aliphatic carboxylic acids is 3. The van der Waals surface area contributed by atoms with E-state index in [1.807, 2.05) is 4.90 Å². The van der Waals surface area contributed by atoms with Crippen LogP contribution >= 0.6 is 0 Å². The summed E-state index contributed by atoms with van der Waals surface area (Å²) in [6, 6.07) is -0.528. The van der Waals surface area contributed by atoms with Crippen LogP contribution in [0.5, 0.6) is 0 Å². The average molecular weight is 542 g/mol. The molecule has 2 aliphatic rings. The maximum Gasteiger partial charge on any atom is 0.336 e. The van der Waals surface area contributed by atoms with Crippen LogP contribution in [-0.4, -0.2) is 123 Å². The molecule has 0 aliphatic carbocycles. The number of nitrogens with zero attached hydrogens (tertiary/aromatic N) is 4. The molecule has 3 heterocycles. The van der Waals surface area contributed by atoms with E-state index in [1.165, 1.54) is 7.11 Å². The molecule has 0 radical (unpaired) electrons. The lowest BCUT2D eigenvalue weighted by atomic mass is 9.96. The van der Waals surface area contributed by atoms with Crippen molar-refractivity contribution in [2.24, 2.45) is 0 Å². The quantitative estimate of drug-likeness (QED) is 0.200. The summed E-state index contributed by atoms with van der Waals surface area (Å²) in [5.74, 6) is -4.88. The second-order valence-corrected chi connectivity index (χ2v) is 8.53. The number of hydrogen-bond donors (Lipinski definition) is 5. The number of amides is 1. The van der Waals surface area contributed by atoms with Gasteiger partial charge in [0, 0.05) is 50.7 Å². The summed E-state index contributed by atoms with van der Waals surface area (Å²) >= 11 is 0. The number of hydrogen-bond acceptors (Lipinski definition) is 12. The summed E-state index contributed by atoms with van der Waals surface area (Å²) in [5.41, 5.74) is -1.83. The zero-order chi connectivity index (χ0) is 28.3. The molecule has 1 aromatic heterocycles. The van der Waals surface area contributed by atoms with Crippen molar-refractivity contribution in [2.75, 3.05) is 51.4 Å². The fourth-order valence-electron chi connectivity index (χ4n) is 3.72.